The average molecular weight is 249 g/mol. The minimum atomic E-state index is -1.21. The van der Waals surface area contributed by atoms with Gasteiger partial charge in [0.2, 0.25) is 0 Å². The Morgan fingerprint density at radius 2 is 1.94 bits per heavy atom. The van der Waals surface area contributed by atoms with Crippen molar-refractivity contribution in [1.82, 2.24) is 4.98 Å². The van der Waals surface area contributed by atoms with Gasteiger partial charge in [0.1, 0.15) is 11.6 Å². The molecule has 0 aliphatic rings. The first kappa shape index (κ1) is 11.8. The van der Waals surface area contributed by atoms with E-state index in [1.807, 2.05) is 0 Å². The number of H-pyrrole nitrogens is 1. The van der Waals surface area contributed by atoms with Crippen LogP contribution in [0.3, 0.4) is 0 Å². The molecule has 0 fully saturated rings. The number of carboxylic acid groups (broad SMARTS) is 1. The van der Waals surface area contributed by atoms with E-state index >= 15 is 0 Å². The third kappa shape index (κ3) is 2.22. The SMILES string of the molecule is O=C(O)c1c[nH]c(=O)c(-c2cc(O)cc(F)c2)c1. The highest BCUT2D eigenvalue weighted by molar-refractivity contribution is 5.88. The second-order valence-electron chi connectivity index (χ2n) is 3.63. The molecule has 0 atom stereocenters. The molecular weight excluding hydrogens is 241 g/mol. The van der Waals surface area contributed by atoms with Crippen molar-refractivity contribution in [2.45, 2.75) is 0 Å². The van der Waals surface area contributed by atoms with Crippen molar-refractivity contribution < 1.29 is 19.4 Å². The van der Waals surface area contributed by atoms with Crippen LogP contribution in [0.1, 0.15) is 10.4 Å². The summed E-state index contributed by atoms with van der Waals surface area (Å²) in [5.74, 6) is -2.27. The number of aromatic nitrogens is 1. The van der Waals surface area contributed by atoms with Crippen LogP contribution < -0.4 is 5.56 Å². The van der Waals surface area contributed by atoms with Crippen LogP contribution in [-0.2, 0) is 0 Å². The van der Waals surface area contributed by atoms with Crippen LogP contribution in [0.4, 0.5) is 4.39 Å². The Hall–Kier alpha value is -2.63. The van der Waals surface area contributed by atoms with Crippen LogP contribution >= 0.6 is 0 Å². The lowest BCUT2D eigenvalue weighted by Gasteiger charge is -2.03. The van der Waals surface area contributed by atoms with Crippen molar-refractivity contribution in [3.05, 3.63) is 52.2 Å². The van der Waals surface area contributed by atoms with Crippen LogP contribution in [0.5, 0.6) is 5.75 Å². The van der Waals surface area contributed by atoms with E-state index in [2.05, 4.69) is 4.98 Å². The van der Waals surface area contributed by atoms with Crippen LogP contribution in [0.15, 0.2) is 35.3 Å². The van der Waals surface area contributed by atoms with Gasteiger partial charge in [-0.1, -0.05) is 0 Å². The highest BCUT2D eigenvalue weighted by atomic mass is 19.1. The quantitative estimate of drug-likeness (QED) is 0.753. The number of phenols is 1. The Morgan fingerprint density at radius 1 is 1.22 bits per heavy atom. The fourth-order valence-electron chi connectivity index (χ4n) is 1.55. The summed E-state index contributed by atoms with van der Waals surface area (Å²) >= 11 is 0. The van der Waals surface area contributed by atoms with Gasteiger partial charge in [0.05, 0.1) is 5.56 Å². The largest absolute Gasteiger partial charge is 0.508 e. The van der Waals surface area contributed by atoms with Crippen molar-refractivity contribution in [2.24, 2.45) is 0 Å². The summed E-state index contributed by atoms with van der Waals surface area (Å²) in [6.45, 7) is 0. The molecule has 1 aromatic carbocycles. The molecule has 0 saturated heterocycles. The molecule has 2 aromatic rings. The second kappa shape index (κ2) is 4.33. The number of phenolic OH excluding ortho intramolecular Hbond substituents is 1. The molecule has 5 nitrogen and oxygen atoms in total. The number of carbonyl (C=O) groups is 1. The van der Waals surface area contributed by atoms with Crippen molar-refractivity contribution >= 4 is 5.97 Å². The number of hydrogen-bond donors (Lipinski definition) is 3. The number of aromatic hydroxyl groups is 1. The third-order valence-corrected chi connectivity index (χ3v) is 2.34. The molecule has 92 valence electrons. The molecule has 0 bridgehead atoms. The minimum absolute atomic E-state index is 0.0234. The predicted octanol–water partition coefficient (Wildman–Crippen LogP) is 1.58. The number of aromatic carboxylic acids is 1. The number of hydrogen-bond acceptors (Lipinski definition) is 3. The van der Waals surface area contributed by atoms with Gasteiger partial charge >= 0.3 is 5.97 Å². The number of aromatic amines is 1. The zero-order valence-corrected chi connectivity index (χ0v) is 8.98. The summed E-state index contributed by atoms with van der Waals surface area (Å²) in [5, 5.41) is 18.1. The first-order chi connectivity index (χ1) is 8.47. The molecule has 0 radical (unpaired) electrons. The van der Waals surface area contributed by atoms with Crippen LogP contribution in [-0.4, -0.2) is 21.2 Å². The molecule has 18 heavy (non-hydrogen) atoms. The van der Waals surface area contributed by atoms with Gasteiger partial charge < -0.3 is 15.2 Å². The molecular formula is C12H8FNO4. The molecule has 2 rings (SSSR count). The van der Waals surface area contributed by atoms with Crippen LogP contribution in [0, 0.1) is 5.82 Å². The Bertz CT molecular complexity index is 658. The molecule has 0 aliphatic heterocycles. The normalized spacial score (nSPS) is 10.3. The third-order valence-electron chi connectivity index (χ3n) is 2.34. The van der Waals surface area contributed by atoms with E-state index in [4.69, 9.17) is 5.11 Å². The summed E-state index contributed by atoms with van der Waals surface area (Å²) in [6.07, 6.45) is 1.05. The molecule has 0 unspecified atom stereocenters. The van der Waals surface area contributed by atoms with Gasteiger partial charge in [-0.25, -0.2) is 9.18 Å². The second-order valence-corrected chi connectivity index (χ2v) is 3.63. The van der Waals surface area contributed by atoms with Crippen LogP contribution in [0.2, 0.25) is 0 Å². The fraction of sp³-hybridized carbons (Fsp3) is 0. The van der Waals surface area contributed by atoms with Gasteiger partial charge in [-0.15, -0.1) is 0 Å². The van der Waals surface area contributed by atoms with E-state index in [1.165, 1.54) is 6.07 Å². The van der Waals surface area contributed by atoms with E-state index in [9.17, 15) is 19.1 Å². The zero-order chi connectivity index (χ0) is 13.3. The maximum atomic E-state index is 13.1. The maximum absolute atomic E-state index is 13.1. The Labute approximate surface area is 100 Å². The fourth-order valence-corrected chi connectivity index (χ4v) is 1.55. The highest BCUT2D eigenvalue weighted by Crippen LogP contribution is 2.22. The van der Waals surface area contributed by atoms with E-state index in [1.54, 1.807) is 0 Å². The molecule has 0 saturated carbocycles. The Kier molecular flexibility index (Phi) is 2.85. The van der Waals surface area contributed by atoms with Gasteiger partial charge in [0, 0.05) is 17.8 Å². The standard InChI is InChI=1S/C12H8FNO4/c13-8-1-6(2-9(15)4-8)10-3-7(12(17)18)5-14-11(10)16/h1-5,15H,(H,14,16)(H,17,18). The number of pyridine rings is 1. The van der Waals surface area contributed by atoms with Gasteiger partial charge in [-0.05, 0) is 23.8 Å². The number of carboxylic acids is 1. The first-order valence-electron chi connectivity index (χ1n) is 4.93. The lowest BCUT2D eigenvalue weighted by Crippen LogP contribution is -2.11. The number of halogens is 1. The molecule has 1 heterocycles. The molecule has 3 N–H and O–H groups in total. The lowest BCUT2D eigenvalue weighted by atomic mass is 10.1. The smallest absolute Gasteiger partial charge is 0.337 e. The van der Waals surface area contributed by atoms with Crippen molar-refractivity contribution in [1.29, 1.82) is 0 Å². The van der Waals surface area contributed by atoms with Gasteiger partial charge in [0.25, 0.3) is 5.56 Å². The molecule has 0 spiro atoms. The predicted molar refractivity (Wildman–Crippen MR) is 61.1 cm³/mol. The van der Waals surface area contributed by atoms with Crippen molar-refractivity contribution in [2.75, 3.05) is 0 Å². The van der Waals surface area contributed by atoms with Gasteiger partial charge in [0.15, 0.2) is 0 Å². The summed E-state index contributed by atoms with van der Waals surface area (Å²) in [4.78, 5) is 24.6. The summed E-state index contributed by atoms with van der Waals surface area (Å²) in [6, 6.07) is 4.23. The van der Waals surface area contributed by atoms with E-state index in [-0.39, 0.29) is 22.4 Å². The monoisotopic (exact) mass is 249 g/mol. The van der Waals surface area contributed by atoms with E-state index < -0.39 is 17.3 Å². The maximum Gasteiger partial charge on any atom is 0.337 e. The molecule has 0 aliphatic carbocycles. The van der Waals surface area contributed by atoms with E-state index in [0.717, 1.165) is 24.4 Å². The van der Waals surface area contributed by atoms with Crippen LogP contribution in [0.25, 0.3) is 11.1 Å². The summed E-state index contributed by atoms with van der Waals surface area (Å²) in [7, 11) is 0. The number of benzene rings is 1. The van der Waals surface area contributed by atoms with Gasteiger partial charge in [-0.3, -0.25) is 4.79 Å². The minimum Gasteiger partial charge on any atom is -0.508 e. The van der Waals surface area contributed by atoms with Crippen molar-refractivity contribution in [3.8, 4) is 16.9 Å². The molecule has 1 aromatic heterocycles. The Morgan fingerprint density at radius 3 is 2.56 bits per heavy atom. The lowest BCUT2D eigenvalue weighted by molar-refractivity contribution is 0.0696. The number of nitrogens with one attached hydrogen (secondary N) is 1. The van der Waals surface area contributed by atoms with E-state index in [0.29, 0.717) is 0 Å². The van der Waals surface area contributed by atoms with Gasteiger partial charge in [-0.2, -0.15) is 0 Å². The Balaban J connectivity index is 2.66. The molecule has 0 amide bonds. The van der Waals surface area contributed by atoms with Crippen molar-refractivity contribution in [3.63, 3.8) is 0 Å². The first-order valence-corrected chi connectivity index (χ1v) is 4.93. The number of rotatable bonds is 2. The topological polar surface area (TPSA) is 90.4 Å². The highest BCUT2D eigenvalue weighted by Gasteiger charge is 2.10. The molecule has 6 heteroatoms. The summed E-state index contributed by atoms with van der Waals surface area (Å²) in [5.41, 5.74) is -0.611. The summed E-state index contributed by atoms with van der Waals surface area (Å²) < 4.78 is 13.1. The zero-order valence-electron chi connectivity index (χ0n) is 8.98. The average Bonchev–Trinajstić information content (AvgIpc) is 2.27.